The van der Waals surface area contributed by atoms with E-state index in [-0.39, 0.29) is 17.3 Å². The topological polar surface area (TPSA) is 79.3 Å². The van der Waals surface area contributed by atoms with Crippen molar-refractivity contribution in [1.82, 2.24) is 4.98 Å². The number of aromatic nitrogens is 1. The molecular formula is C13H8BrClN2O3. The fourth-order valence-electron chi connectivity index (χ4n) is 1.42. The van der Waals surface area contributed by atoms with E-state index in [1.807, 2.05) is 0 Å². The first kappa shape index (κ1) is 14.5. The minimum absolute atomic E-state index is 0.0506. The third-order valence-corrected chi connectivity index (χ3v) is 3.67. The number of hydrogen-bond acceptors (Lipinski definition) is 3. The fourth-order valence-corrected chi connectivity index (χ4v) is 1.85. The molecule has 0 atom stereocenters. The molecule has 0 aliphatic heterocycles. The lowest BCUT2D eigenvalue weighted by atomic mass is 10.2. The first-order valence-corrected chi connectivity index (χ1v) is 6.60. The zero-order chi connectivity index (χ0) is 14.7. The van der Waals surface area contributed by atoms with Gasteiger partial charge in [0.25, 0.3) is 5.91 Å². The zero-order valence-corrected chi connectivity index (χ0v) is 12.3. The van der Waals surface area contributed by atoms with E-state index in [1.54, 1.807) is 12.1 Å². The quantitative estimate of drug-likeness (QED) is 0.884. The molecule has 0 spiro atoms. The van der Waals surface area contributed by atoms with Crippen LogP contribution < -0.4 is 5.32 Å². The molecule has 2 aromatic rings. The second kappa shape index (κ2) is 6.02. The van der Waals surface area contributed by atoms with Gasteiger partial charge in [0.15, 0.2) is 0 Å². The Hall–Kier alpha value is -1.92. The summed E-state index contributed by atoms with van der Waals surface area (Å²) >= 11 is 9.14. The second-order valence-corrected chi connectivity index (χ2v) is 5.08. The molecule has 2 N–H and O–H groups in total. The molecule has 7 heteroatoms. The molecule has 0 fully saturated rings. The van der Waals surface area contributed by atoms with E-state index in [2.05, 4.69) is 26.2 Å². The number of nitrogens with zero attached hydrogens (tertiary/aromatic N) is 1. The summed E-state index contributed by atoms with van der Waals surface area (Å²) < 4.78 is 0.694. The van der Waals surface area contributed by atoms with Gasteiger partial charge >= 0.3 is 5.97 Å². The van der Waals surface area contributed by atoms with Crippen LogP contribution in [-0.2, 0) is 0 Å². The molecule has 0 bridgehead atoms. The van der Waals surface area contributed by atoms with Gasteiger partial charge < -0.3 is 10.4 Å². The first-order valence-electron chi connectivity index (χ1n) is 5.43. The van der Waals surface area contributed by atoms with Crippen LogP contribution in [0.25, 0.3) is 0 Å². The van der Waals surface area contributed by atoms with Crippen LogP contribution >= 0.6 is 27.5 Å². The highest BCUT2D eigenvalue weighted by molar-refractivity contribution is 9.10. The summed E-state index contributed by atoms with van der Waals surface area (Å²) in [5.74, 6) is -1.19. The summed E-state index contributed by atoms with van der Waals surface area (Å²) in [4.78, 5) is 26.5. The van der Waals surface area contributed by atoms with Gasteiger partial charge in [0.2, 0.25) is 0 Å². The fraction of sp³-hybridized carbons (Fsp3) is 0. The normalized spacial score (nSPS) is 10.1. The Morgan fingerprint density at radius 1 is 1.20 bits per heavy atom. The number of aromatic carboxylic acids is 1. The molecular weight excluding hydrogens is 348 g/mol. The van der Waals surface area contributed by atoms with E-state index in [0.29, 0.717) is 15.1 Å². The number of benzene rings is 1. The number of anilines is 1. The number of pyridine rings is 1. The van der Waals surface area contributed by atoms with Crippen LogP contribution in [0.2, 0.25) is 5.02 Å². The van der Waals surface area contributed by atoms with Crippen LogP contribution in [0.5, 0.6) is 0 Å². The smallest absolute Gasteiger partial charge is 0.337 e. The van der Waals surface area contributed by atoms with Gasteiger partial charge in [-0.3, -0.25) is 4.79 Å². The maximum atomic E-state index is 12.0. The number of nitrogens with one attached hydrogen (secondary N) is 1. The van der Waals surface area contributed by atoms with Gasteiger partial charge in [-0.1, -0.05) is 11.6 Å². The van der Waals surface area contributed by atoms with Crippen LogP contribution in [0.1, 0.15) is 20.7 Å². The molecule has 2 rings (SSSR count). The van der Waals surface area contributed by atoms with Gasteiger partial charge in [-0.25, -0.2) is 9.78 Å². The SMILES string of the molecule is O=C(O)c1ccc(NC(=O)c2ccc(Br)c(Cl)c2)nc1. The molecule has 0 aliphatic rings. The lowest BCUT2D eigenvalue weighted by molar-refractivity contribution is 0.0696. The van der Waals surface area contributed by atoms with E-state index >= 15 is 0 Å². The van der Waals surface area contributed by atoms with Crippen LogP contribution in [0.3, 0.4) is 0 Å². The highest BCUT2D eigenvalue weighted by Crippen LogP contribution is 2.23. The van der Waals surface area contributed by atoms with Gasteiger partial charge in [-0.05, 0) is 46.3 Å². The van der Waals surface area contributed by atoms with E-state index in [0.717, 1.165) is 0 Å². The Morgan fingerprint density at radius 2 is 1.90 bits per heavy atom. The molecule has 102 valence electrons. The number of halogens is 2. The first-order chi connectivity index (χ1) is 9.47. The number of carbonyl (C=O) groups is 2. The molecule has 0 saturated carbocycles. The Kier molecular flexibility index (Phi) is 4.36. The Bertz CT molecular complexity index is 674. The predicted molar refractivity (Wildman–Crippen MR) is 78.3 cm³/mol. The third kappa shape index (κ3) is 3.34. The highest BCUT2D eigenvalue weighted by atomic mass is 79.9. The van der Waals surface area contributed by atoms with Crippen molar-refractivity contribution in [3.63, 3.8) is 0 Å². The average molecular weight is 356 g/mol. The molecule has 1 aromatic carbocycles. The van der Waals surface area contributed by atoms with Gasteiger partial charge in [0, 0.05) is 16.2 Å². The molecule has 1 aromatic heterocycles. The molecule has 1 heterocycles. The monoisotopic (exact) mass is 354 g/mol. The van der Waals surface area contributed by atoms with Crippen LogP contribution in [0.4, 0.5) is 5.82 Å². The molecule has 0 aliphatic carbocycles. The van der Waals surface area contributed by atoms with Crippen molar-refractivity contribution in [2.75, 3.05) is 5.32 Å². The molecule has 0 radical (unpaired) electrons. The second-order valence-electron chi connectivity index (χ2n) is 3.82. The van der Waals surface area contributed by atoms with Gasteiger partial charge in [-0.2, -0.15) is 0 Å². The molecule has 0 unspecified atom stereocenters. The minimum Gasteiger partial charge on any atom is -0.478 e. The lowest BCUT2D eigenvalue weighted by Crippen LogP contribution is -2.13. The van der Waals surface area contributed by atoms with Gasteiger partial charge in [0.05, 0.1) is 10.6 Å². The largest absolute Gasteiger partial charge is 0.478 e. The summed E-state index contributed by atoms with van der Waals surface area (Å²) in [6.07, 6.45) is 1.17. The summed E-state index contributed by atoms with van der Waals surface area (Å²) in [6, 6.07) is 7.57. The van der Waals surface area contributed by atoms with Crippen LogP contribution in [0, 0.1) is 0 Å². The molecule has 20 heavy (non-hydrogen) atoms. The predicted octanol–water partition coefficient (Wildman–Crippen LogP) is 3.45. The summed E-state index contributed by atoms with van der Waals surface area (Å²) in [5.41, 5.74) is 0.428. The van der Waals surface area contributed by atoms with Crippen molar-refractivity contribution in [3.8, 4) is 0 Å². The van der Waals surface area contributed by atoms with Crippen molar-refractivity contribution in [2.24, 2.45) is 0 Å². The van der Waals surface area contributed by atoms with Crippen molar-refractivity contribution in [3.05, 3.63) is 57.2 Å². The van der Waals surface area contributed by atoms with Crippen molar-refractivity contribution in [1.29, 1.82) is 0 Å². The van der Waals surface area contributed by atoms with Gasteiger partial charge in [-0.15, -0.1) is 0 Å². The van der Waals surface area contributed by atoms with Crippen molar-refractivity contribution >= 4 is 45.2 Å². The number of rotatable bonds is 3. The van der Waals surface area contributed by atoms with E-state index in [4.69, 9.17) is 16.7 Å². The zero-order valence-electron chi connectivity index (χ0n) is 9.93. The maximum Gasteiger partial charge on any atom is 0.337 e. The molecule has 1 amide bonds. The lowest BCUT2D eigenvalue weighted by Gasteiger charge is -2.05. The maximum absolute atomic E-state index is 12.0. The van der Waals surface area contributed by atoms with E-state index in [9.17, 15) is 9.59 Å². The van der Waals surface area contributed by atoms with E-state index in [1.165, 1.54) is 24.4 Å². The summed E-state index contributed by atoms with van der Waals surface area (Å²) in [6.45, 7) is 0. The Labute approximate surface area is 127 Å². The molecule has 0 saturated heterocycles. The molecule has 5 nitrogen and oxygen atoms in total. The van der Waals surface area contributed by atoms with E-state index < -0.39 is 5.97 Å². The minimum atomic E-state index is -1.07. The number of carboxylic acids is 1. The number of amides is 1. The van der Waals surface area contributed by atoms with Crippen molar-refractivity contribution in [2.45, 2.75) is 0 Å². The highest BCUT2D eigenvalue weighted by Gasteiger charge is 2.09. The number of carboxylic acid groups (broad SMARTS) is 1. The third-order valence-electron chi connectivity index (χ3n) is 2.43. The Morgan fingerprint density at radius 3 is 2.45 bits per heavy atom. The number of carbonyl (C=O) groups excluding carboxylic acids is 1. The standard InChI is InChI=1S/C13H8BrClN2O3/c14-9-3-1-7(5-10(9)15)12(18)17-11-4-2-8(6-16-11)13(19)20/h1-6H,(H,19,20)(H,16,17,18). The summed E-state index contributed by atoms with van der Waals surface area (Å²) in [5, 5.41) is 11.7. The average Bonchev–Trinajstić information content (AvgIpc) is 2.42. The van der Waals surface area contributed by atoms with Crippen LogP contribution in [-0.4, -0.2) is 22.0 Å². The summed E-state index contributed by atoms with van der Waals surface area (Å²) in [7, 11) is 0. The van der Waals surface area contributed by atoms with Crippen LogP contribution in [0.15, 0.2) is 41.0 Å². The Balaban J connectivity index is 2.14. The van der Waals surface area contributed by atoms with Gasteiger partial charge in [0.1, 0.15) is 5.82 Å². The number of hydrogen-bond donors (Lipinski definition) is 2. The van der Waals surface area contributed by atoms with Crippen molar-refractivity contribution < 1.29 is 14.7 Å².